The van der Waals surface area contributed by atoms with Crippen LogP contribution in [0.4, 0.5) is 8.78 Å². The summed E-state index contributed by atoms with van der Waals surface area (Å²) in [6.45, 7) is 0. The van der Waals surface area contributed by atoms with Crippen LogP contribution in [-0.2, 0) is 6.42 Å². The number of hydrogen-bond acceptors (Lipinski definition) is 2. The van der Waals surface area contributed by atoms with Crippen molar-refractivity contribution in [1.82, 2.24) is 5.43 Å². The lowest BCUT2D eigenvalue weighted by molar-refractivity contribution is 0.455. The van der Waals surface area contributed by atoms with Gasteiger partial charge < -0.3 is 0 Å². The van der Waals surface area contributed by atoms with E-state index in [0.717, 1.165) is 18.6 Å². The highest BCUT2D eigenvalue weighted by Gasteiger charge is 2.25. The van der Waals surface area contributed by atoms with Crippen LogP contribution in [0.2, 0.25) is 0 Å². The summed E-state index contributed by atoms with van der Waals surface area (Å²) in [5, 5.41) is 0. The summed E-state index contributed by atoms with van der Waals surface area (Å²) in [4.78, 5) is 0. The minimum absolute atomic E-state index is 0.0313. The Bertz CT molecular complexity index is 364. The lowest BCUT2D eigenvalue weighted by atomic mass is 10.0. The normalized spacial score (nSPS) is 17.4. The third kappa shape index (κ3) is 3.00. The summed E-state index contributed by atoms with van der Waals surface area (Å²) in [7, 11) is 0. The third-order valence-corrected chi connectivity index (χ3v) is 3.02. The van der Waals surface area contributed by atoms with E-state index in [1.165, 1.54) is 18.9 Å². The van der Waals surface area contributed by atoms with E-state index in [-0.39, 0.29) is 11.9 Å². The fourth-order valence-corrected chi connectivity index (χ4v) is 1.93. The SMILES string of the molecule is NNC(Cc1cc(F)ccc1F)CC1CC1. The van der Waals surface area contributed by atoms with Gasteiger partial charge in [-0.2, -0.15) is 0 Å². The van der Waals surface area contributed by atoms with Gasteiger partial charge in [-0.3, -0.25) is 11.3 Å². The molecule has 3 N–H and O–H groups in total. The van der Waals surface area contributed by atoms with Crippen LogP contribution in [0.1, 0.15) is 24.8 Å². The van der Waals surface area contributed by atoms with E-state index in [9.17, 15) is 8.78 Å². The Morgan fingerprint density at radius 1 is 1.38 bits per heavy atom. The zero-order valence-corrected chi connectivity index (χ0v) is 9.05. The largest absolute Gasteiger partial charge is 0.271 e. The third-order valence-electron chi connectivity index (χ3n) is 3.02. The molecule has 0 aromatic heterocycles. The molecule has 0 bridgehead atoms. The van der Waals surface area contributed by atoms with Gasteiger partial charge in [-0.25, -0.2) is 8.78 Å². The highest BCUT2D eigenvalue weighted by Crippen LogP contribution is 2.34. The minimum Gasteiger partial charge on any atom is -0.271 e. The first kappa shape index (κ1) is 11.5. The molecule has 0 heterocycles. The standard InChI is InChI=1S/C12H16F2N2/c13-10-3-4-12(14)9(6-10)7-11(16-15)5-8-1-2-8/h3-4,6,8,11,16H,1-2,5,7,15H2. The Kier molecular flexibility index (Phi) is 3.51. The first-order valence-corrected chi connectivity index (χ1v) is 5.59. The molecule has 1 aromatic carbocycles. The maximum absolute atomic E-state index is 13.4. The molecule has 1 unspecified atom stereocenters. The summed E-state index contributed by atoms with van der Waals surface area (Å²) in [5.41, 5.74) is 3.07. The first-order valence-electron chi connectivity index (χ1n) is 5.59. The molecule has 4 heteroatoms. The van der Waals surface area contributed by atoms with E-state index < -0.39 is 5.82 Å². The van der Waals surface area contributed by atoms with Crippen LogP contribution < -0.4 is 11.3 Å². The van der Waals surface area contributed by atoms with Crippen LogP contribution >= 0.6 is 0 Å². The van der Waals surface area contributed by atoms with Gasteiger partial charge in [0, 0.05) is 6.04 Å². The van der Waals surface area contributed by atoms with E-state index >= 15 is 0 Å². The lowest BCUT2D eigenvalue weighted by Gasteiger charge is -2.15. The molecule has 2 nitrogen and oxygen atoms in total. The highest BCUT2D eigenvalue weighted by molar-refractivity contribution is 5.19. The van der Waals surface area contributed by atoms with Gasteiger partial charge in [-0.1, -0.05) is 12.8 Å². The van der Waals surface area contributed by atoms with E-state index in [1.54, 1.807) is 0 Å². The first-order chi connectivity index (χ1) is 7.69. The number of nitrogens with one attached hydrogen (secondary N) is 1. The van der Waals surface area contributed by atoms with Crippen LogP contribution in [0.5, 0.6) is 0 Å². The average molecular weight is 226 g/mol. The summed E-state index contributed by atoms with van der Waals surface area (Å²) >= 11 is 0. The topological polar surface area (TPSA) is 38.0 Å². The molecule has 1 aliphatic carbocycles. The van der Waals surface area contributed by atoms with Crippen LogP contribution in [-0.4, -0.2) is 6.04 Å². The van der Waals surface area contributed by atoms with Crippen molar-refractivity contribution in [3.8, 4) is 0 Å². The van der Waals surface area contributed by atoms with Crippen molar-refractivity contribution in [1.29, 1.82) is 0 Å². The predicted molar refractivity (Wildman–Crippen MR) is 58.5 cm³/mol. The Hall–Kier alpha value is -1.00. The summed E-state index contributed by atoms with van der Waals surface area (Å²) in [6.07, 6.45) is 3.83. The average Bonchev–Trinajstić information content (AvgIpc) is 3.06. The van der Waals surface area contributed by atoms with Gasteiger partial charge in [0.25, 0.3) is 0 Å². The number of rotatable bonds is 5. The molecule has 0 amide bonds. The Labute approximate surface area is 93.8 Å². The van der Waals surface area contributed by atoms with E-state index in [1.807, 2.05) is 0 Å². The van der Waals surface area contributed by atoms with Gasteiger partial charge >= 0.3 is 0 Å². The molecule has 1 saturated carbocycles. The van der Waals surface area contributed by atoms with Crippen LogP contribution in [0.15, 0.2) is 18.2 Å². The number of hydrogen-bond donors (Lipinski definition) is 2. The number of hydrazine groups is 1. The monoisotopic (exact) mass is 226 g/mol. The Morgan fingerprint density at radius 3 is 2.75 bits per heavy atom. The van der Waals surface area contributed by atoms with Crippen LogP contribution in [0.3, 0.4) is 0 Å². The van der Waals surface area contributed by atoms with Crippen molar-refractivity contribution >= 4 is 0 Å². The van der Waals surface area contributed by atoms with Crippen molar-refractivity contribution in [3.05, 3.63) is 35.4 Å². The molecule has 1 aliphatic rings. The predicted octanol–water partition coefficient (Wildman–Crippen LogP) is 2.14. The molecular formula is C12H16F2N2. The molecule has 0 radical (unpaired) electrons. The molecule has 0 aliphatic heterocycles. The van der Waals surface area contributed by atoms with Crippen LogP contribution in [0.25, 0.3) is 0 Å². The Balaban J connectivity index is 2.01. The fraction of sp³-hybridized carbons (Fsp3) is 0.500. The maximum Gasteiger partial charge on any atom is 0.126 e. The van der Waals surface area contributed by atoms with Crippen molar-refractivity contribution in [2.45, 2.75) is 31.7 Å². The number of halogens is 2. The van der Waals surface area contributed by atoms with Crippen molar-refractivity contribution < 1.29 is 8.78 Å². The second kappa shape index (κ2) is 4.89. The van der Waals surface area contributed by atoms with Crippen molar-refractivity contribution in [2.24, 2.45) is 11.8 Å². The molecule has 2 rings (SSSR count). The van der Waals surface area contributed by atoms with Crippen molar-refractivity contribution in [2.75, 3.05) is 0 Å². The molecule has 16 heavy (non-hydrogen) atoms. The molecule has 0 saturated heterocycles. The quantitative estimate of drug-likeness (QED) is 0.596. The molecule has 88 valence electrons. The summed E-state index contributed by atoms with van der Waals surface area (Å²) in [6, 6.07) is 3.57. The molecule has 0 spiro atoms. The zero-order valence-electron chi connectivity index (χ0n) is 9.05. The van der Waals surface area contributed by atoms with Gasteiger partial charge in [-0.05, 0) is 42.5 Å². The second-order valence-corrected chi connectivity index (χ2v) is 4.48. The van der Waals surface area contributed by atoms with Crippen LogP contribution in [0, 0.1) is 17.6 Å². The van der Waals surface area contributed by atoms with E-state index in [4.69, 9.17) is 5.84 Å². The molecular weight excluding hydrogens is 210 g/mol. The van der Waals surface area contributed by atoms with Gasteiger partial charge in [0.2, 0.25) is 0 Å². The summed E-state index contributed by atoms with van der Waals surface area (Å²) < 4.78 is 26.3. The highest BCUT2D eigenvalue weighted by atomic mass is 19.1. The van der Waals surface area contributed by atoms with Gasteiger partial charge in [-0.15, -0.1) is 0 Å². The van der Waals surface area contributed by atoms with E-state index in [2.05, 4.69) is 5.43 Å². The lowest BCUT2D eigenvalue weighted by Crippen LogP contribution is -2.37. The molecule has 1 atom stereocenters. The van der Waals surface area contributed by atoms with Gasteiger partial charge in [0.1, 0.15) is 11.6 Å². The zero-order chi connectivity index (χ0) is 11.5. The smallest absolute Gasteiger partial charge is 0.126 e. The van der Waals surface area contributed by atoms with E-state index in [0.29, 0.717) is 17.9 Å². The summed E-state index contributed by atoms with van der Waals surface area (Å²) in [5.74, 6) is 5.36. The van der Waals surface area contributed by atoms with Crippen molar-refractivity contribution in [3.63, 3.8) is 0 Å². The minimum atomic E-state index is -0.404. The number of nitrogens with two attached hydrogens (primary N) is 1. The second-order valence-electron chi connectivity index (χ2n) is 4.48. The fourth-order valence-electron chi connectivity index (χ4n) is 1.93. The van der Waals surface area contributed by atoms with Gasteiger partial charge in [0.15, 0.2) is 0 Å². The molecule has 1 fully saturated rings. The maximum atomic E-state index is 13.4. The Morgan fingerprint density at radius 2 is 2.12 bits per heavy atom. The van der Waals surface area contributed by atoms with Gasteiger partial charge in [0.05, 0.1) is 0 Å². The number of benzene rings is 1. The molecule has 1 aromatic rings.